The van der Waals surface area contributed by atoms with Crippen molar-refractivity contribution >= 4 is 5.78 Å². The van der Waals surface area contributed by atoms with Gasteiger partial charge in [0, 0.05) is 29.8 Å². The monoisotopic (exact) mass is 366 g/mol. The topological polar surface area (TPSA) is 55.0 Å². The quantitative estimate of drug-likeness (QED) is 0.803. The Morgan fingerprint density at radius 3 is 2.50 bits per heavy atom. The van der Waals surface area contributed by atoms with E-state index in [4.69, 9.17) is 4.74 Å². The number of aromatic amines is 1. The Morgan fingerprint density at radius 2 is 1.92 bits per heavy atom. The first-order valence-corrected chi connectivity index (χ1v) is 8.49. The van der Waals surface area contributed by atoms with Crippen molar-refractivity contribution in [1.29, 1.82) is 0 Å². The number of Topliss-reactive ketones (excluding diaryl/α,β-unsaturated/α-hetero) is 1. The van der Waals surface area contributed by atoms with Gasteiger partial charge in [0.05, 0.1) is 0 Å². The molecule has 0 spiro atoms. The second-order valence-electron chi connectivity index (χ2n) is 7.07. The fourth-order valence-electron chi connectivity index (χ4n) is 3.21. The Morgan fingerprint density at radius 1 is 1.27 bits per heavy atom. The highest BCUT2D eigenvalue weighted by atomic mass is 19.4. The van der Waals surface area contributed by atoms with Crippen LogP contribution in [-0.2, 0) is 16.3 Å². The summed E-state index contributed by atoms with van der Waals surface area (Å²) < 4.78 is 46.3. The first-order valence-electron chi connectivity index (χ1n) is 8.49. The number of benzene rings is 1. The number of hydrogen-bond acceptors (Lipinski definition) is 3. The summed E-state index contributed by atoms with van der Waals surface area (Å²) in [6.07, 6.45) is -3.37. The largest absolute Gasteiger partial charge is 0.433 e. The predicted octanol–water partition coefficient (Wildman–Crippen LogP) is 4.67. The highest BCUT2D eigenvalue weighted by Gasteiger charge is 2.41. The molecule has 1 fully saturated rings. The van der Waals surface area contributed by atoms with E-state index in [0.717, 1.165) is 0 Å². The fraction of sp³-hybridized carbons (Fsp3) is 0.474. The first-order chi connectivity index (χ1) is 12.1. The van der Waals surface area contributed by atoms with Gasteiger partial charge in [-0.15, -0.1) is 0 Å². The molecule has 0 bridgehead atoms. The molecule has 1 aliphatic rings. The van der Waals surface area contributed by atoms with Crippen molar-refractivity contribution in [2.24, 2.45) is 0 Å². The zero-order chi connectivity index (χ0) is 19.1. The molecule has 26 heavy (non-hydrogen) atoms. The van der Waals surface area contributed by atoms with E-state index in [9.17, 15) is 18.0 Å². The van der Waals surface area contributed by atoms with Crippen molar-refractivity contribution in [3.05, 3.63) is 40.8 Å². The number of ether oxygens (including phenoxy) is 1. The number of nitrogens with one attached hydrogen (secondary N) is 1. The zero-order valence-corrected chi connectivity index (χ0v) is 15.0. The molecule has 1 N–H and O–H groups in total. The van der Waals surface area contributed by atoms with Crippen LogP contribution in [0.5, 0.6) is 0 Å². The number of H-pyrrole nitrogens is 1. The second kappa shape index (κ2) is 6.54. The third-order valence-corrected chi connectivity index (χ3v) is 5.05. The molecule has 0 aliphatic carbocycles. The van der Waals surface area contributed by atoms with E-state index in [0.29, 0.717) is 48.6 Å². The minimum atomic E-state index is -4.57. The lowest BCUT2D eigenvalue weighted by Crippen LogP contribution is -2.31. The normalized spacial score (nSPS) is 17.3. The maximum Gasteiger partial charge on any atom is 0.433 e. The molecule has 7 heteroatoms. The van der Waals surface area contributed by atoms with Crippen LogP contribution in [0.15, 0.2) is 18.2 Å². The van der Waals surface area contributed by atoms with E-state index < -0.39 is 17.3 Å². The van der Waals surface area contributed by atoms with Crippen LogP contribution < -0.4 is 0 Å². The van der Waals surface area contributed by atoms with Gasteiger partial charge in [0.2, 0.25) is 0 Å². The van der Waals surface area contributed by atoms with Crippen molar-refractivity contribution in [3.63, 3.8) is 0 Å². The maximum atomic E-state index is 13.7. The minimum Gasteiger partial charge on any atom is -0.381 e. The van der Waals surface area contributed by atoms with E-state index in [-0.39, 0.29) is 11.5 Å². The number of hydrogen-bond donors (Lipinski definition) is 1. The summed E-state index contributed by atoms with van der Waals surface area (Å²) in [5, 5.41) is 0. The zero-order valence-electron chi connectivity index (χ0n) is 15.0. The molecule has 1 aliphatic heterocycles. The van der Waals surface area contributed by atoms with Gasteiger partial charge in [-0.25, -0.2) is 4.98 Å². The van der Waals surface area contributed by atoms with Gasteiger partial charge in [0.25, 0.3) is 0 Å². The van der Waals surface area contributed by atoms with Gasteiger partial charge in [0.1, 0.15) is 17.2 Å². The van der Waals surface area contributed by atoms with Crippen molar-refractivity contribution < 1.29 is 22.7 Å². The molecule has 1 aromatic heterocycles. The third-order valence-electron chi connectivity index (χ3n) is 5.05. The second-order valence-corrected chi connectivity index (χ2v) is 7.07. The van der Waals surface area contributed by atoms with Gasteiger partial charge in [-0.2, -0.15) is 13.2 Å². The molecule has 0 atom stereocenters. The number of imidazole rings is 1. The molecule has 140 valence electrons. The summed E-state index contributed by atoms with van der Waals surface area (Å²) in [5.41, 5.74) is -0.202. The van der Waals surface area contributed by atoms with Crippen LogP contribution >= 0.6 is 0 Å². The summed E-state index contributed by atoms with van der Waals surface area (Å²) in [4.78, 5) is 18.6. The first kappa shape index (κ1) is 18.6. The summed E-state index contributed by atoms with van der Waals surface area (Å²) in [7, 11) is 0. The molecule has 0 unspecified atom stereocenters. The highest BCUT2D eigenvalue weighted by Crippen LogP contribution is 2.41. The fourth-order valence-corrected chi connectivity index (χ4v) is 3.21. The maximum absolute atomic E-state index is 13.7. The number of halogens is 3. The van der Waals surface area contributed by atoms with Crippen LogP contribution in [0.4, 0.5) is 13.2 Å². The van der Waals surface area contributed by atoms with Gasteiger partial charge in [-0.3, -0.25) is 4.79 Å². The molecule has 0 radical (unpaired) electrons. The van der Waals surface area contributed by atoms with E-state index in [1.54, 1.807) is 19.1 Å². The summed E-state index contributed by atoms with van der Waals surface area (Å²) >= 11 is 0. The molecule has 2 heterocycles. The standard InChI is InChI=1S/C19H21F3N2O2/c1-11-4-5-13(12(2)25)10-14(11)15-16(19(20,21)22)24-17(23-15)18(3)6-8-26-9-7-18/h4-5,10H,6-9H2,1-3H3,(H,23,24). The van der Waals surface area contributed by atoms with E-state index in [2.05, 4.69) is 9.97 Å². The lowest BCUT2D eigenvalue weighted by molar-refractivity contribution is -0.140. The Bertz CT molecular complexity index is 834. The summed E-state index contributed by atoms with van der Waals surface area (Å²) in [5.74, 6) is 0.114. The van der Waals surface area contributed by atoms with Crippen LogP contribution in [0.25, 0.3) is 11.3 Å². The molecule has 2 aromatic rings. The molecule has 0 saturated carbocycles. The van der Waals surface area contributed by atoms with Gasteiger partial charge < -0.3 is 9.72 Å². The molecule has 0 amide bonds. The van der Waals surface area contributed by atoms with Crippen LogP contribution in [0.2, 0.25) is 0 Å². The van der Waals surface area contributed by atoms with E-state index in [1.165, 1.54) is 13.0 Å². The number of ketones is 1. The SMILES string of the molecule is CC(=O)c1ccc(C)c(-c2nc(C3(C)CCOCC3)[nH]c2C(F)(F)F)c1. The average Bonchev–Trinajstić information content (AvgIpc) is 3.02. The van der Waals surface area contributed by atoms with Crippen molar-refractivity contribution in [3.8, 4) is 11.3 Å². The van der Waals surface area contributed by atoms with Crippen LogP contribution in [0.1, 0.15) is 54.1 Å². The number of alkyl halides is 3. The van der Waals surface area contributed by atoms with Gasteiger partial charge >= 0.3 is 6.18 Å². The van der Waals surface area contributed by atoms with Gasteiger partial charge in [-0.1, -0.05) is 19.1 Å². The van der Waals surface area contributed by atoms with Gasteiger partial charge in [-0.05, 0) is 38.3 Å². The highest BCUT2D eigenvalue weighted by molar-refractivity contribution is 5.95. The number of rotatable bonds is 3. The summed E-state index contributed by atoms with van der Waals surface area (Å²) in [6.45, 7) is 5.98. The van der Waals surface area contributed by atoms with Crippen molar-refractivity contribution in [1.82, 2.24) is 9.97 Å². The third kappa shape index (κ3) is 3.40. The molecular weight excluding hydrogens is 345 g/mol. The minimum absolute atomic E-state index is 0.152. The van der Waals surface area contributed by atoms with E-state index in [1.807, 2.05) is 6.92 Å². The number of carbonyl (C=O) groups excluding carboxylic acids is 1. The Labute approximate surface area is 149 Å². The summed E-state index contributed by atoms with van der Waals surface area (Å²) in [6, 6.07) is 4.75. The lowest BCUT2D eigenvalue weighted by atomic mass is 9.82. The number of carbonyl (C=O) groups is 1. The molecular formula is C19H21F3N2O2. The van der Waals surface area contributed by atoms with Gasteiger partial charge in [0.15, 0.2) is 5.78 Å². The van der Waals surface area contributed by atoms with Crippen LogP contribution in [-0.4, -0.2) is 29.0 Å². The van der Waals surface area contributed by atoms with Crippen molar-refractivity contribution in [2.45, 2.75) is 45.2 Å². The average molecular weight is 366 g/mol. The Kier molecular flexibility index (Phi) is 4.69. The number of aryl methyl sites for hydroxylation is 1. The lowest BCUT2D eigenvalue weighted by Gasteiger charge is -2.31. The molecule has 3 rings (SSSR count). The molecule has 1 aromatic carbocycles. The molecule has 1 saturated heterocycles. The number of nitrogens with zero attached hydrogens (tertiary/aromatic N) is 1. The van der Waals surface area contributed by atoms with Crippen molar-refractivity contribution in [2.75, 3.05) is 13.2 Å². The number of aromatic nitrogens is 2. The van der Waals surface area contributed by atoms with Crippen LogP contribution in [0.3, 0.4) is 0 Å². The smallest absolute Gasteiger partial charge is 0.381 e. The predicted molar refractivity (Wildman–Crippen MR) is 91.2 cm³/mol. The Balaban J connectivity index is 2.18. The Hall–Kier alpha value is -2.15. The molecule has 4 nitrogen and oxygen atoms in total. The van der Waals surface area contributed by atoms with E-state index >= 15 is 0 Å². The van der Waals surface area contributed by atoms with Crippen LogP contribution in [0, 0.1) is 6.92 Å².